The number of esters is 2. The highest BCUT2D eigenvalue weighted by atomic mass is 16.8. The van der Waals surface area contributed by atoms with Crippen LogP contribution in [0.15, 0.2) is 18.2 Å². The van der Waals surface area contributed by atoms with Gasteiger partial charge in [0.05, 0.1) is 0 Å². The molecule has 226 valence electrons. The van der Waals surface area contributed by atoms with Gasteiger partial charge in [0.2, 0.25) is 0 Å². The van der Waals surface area contributed by atoms with E-state index in [4.69, 9.17) is 34.2 Å². The number of carbonyl (C=O) groups excluding carboxylic acids is 4. The first-order valence-electron chi connectivity index (χ1n) is 13.6. The first kappa shape index (κ1) is 34.7. The van der Waals surface area contributed by atoms with E-state index in [0.717, 1.165) is 0 Å². The third-order valence-corrected chi connectivity index (χ3v) is 5.97. The van der Waals surface area contributed by atoms with Crippen LogP contribution in [0.2, 0.25) is 0 Å². The van der Waals surface area contributed by atoms with Crippen LogP contribution in [-0.4, -0.2) is 55.2 Å². The van der Waals surface area contributed by atoms with Crippen molar-refractivity contribution in [2.45, 2.75) is 99.5 Å². The Balaban J connectivity index is 2.95. The van der Waals surface area contributed by atoms with Crippen molar-refractivity contribution in [2.24, 2.45) is 23.5 Å². The highest BCUT2D eigenvalue weighted by Gasteiger charge is 2.24. The molecule has 1 aromatic carbocycles. The minimum atomic E-state index is -1.07. The molecule has 0 aliphatic carbocycles. The predicted molar refractivity (Wildman–Crippen MR) is 147 cm³/mol. The summed E-state index contributed by atoms with van der Waals surface area (Å²) < 4.78 is 31.6. The van der Waals surface area contributed by atoms with E-state index in [1.165, 1.54) is 12.1 Å². The van der Waals surface area contributed by atoms with Gasteiger partial charge in [-0.3, -0.25) is 9.59 Å². The lowest BCUT2D eigenvalue weighted by molar-refractivity contribution is -0.159. The first-order chi connectivity index (χ1) is 18.6. The summed E-state index contributed by atoms with van der Waals surface area (Å²) in [5, 5.41) is 0. The summed E-state index contributed by atoms with van der Waals surface area (Å²) in [5.41, 5.74) is 6.55. The summed E-state index contributed by atoms with van der Waals surface area (Å²) in [5.74, 6) is -1.00. The molecule has 4 atom stereocenters. The highest BCUT2D eigenvalue weighted by Crippen LogP contribution is 2.30. The average molecular weight is 568 g/mol. The topological polar surface area (TPSA) is 150 Å². The van der Waals surface area contributed by atoms with Crippen LogP contribution in [0.4, 0.5) is 9.59 Å². The third-order valence-electron chi connectivity index (χ3n) is 5.97. The van der Waals surface area contributed by atoms with E-state index in [1.807, 2.05) is 41.5 Å². The summed E-state index contributed by atoms with van der Waals surface area (Å²) in [6, 6.07) is 3.31. The second-order valence-corrected chi connectivity index (χ2v) is 11.0. The Labute approximate surface area is 236 Å². The summed E-state index contributed by atoms with van der Waals surface area (Å²) in [6.07, 6.45) is -3.20. The second kappa shape index (κ2) is 16.7. The fraction of sp³-hybridized carbons (Fsp3) is 0.655. The van der Waals surface area contributed by atoms with Crippen molar-refractivity contribution < 1.29 is 47.6 Å². The van der Waals surface area contributed by atoms with E-state index in [1.54, 1.807) is 26.8 Å². The third kappa shape index (κ3) is 13.1. The monoisotopic (exact) mass is 567 g/mol. The van der Waals surface area contributed by atoms with Crippen LogP contribution < -0.4 is 15.2 Å². The number of ether oxygens (including phenoxy) is 6. The number of carbonyl (C=O) groups is 4. The zero-order chi connectivity index (χ0) is 30.6. The predicted octanol–water partition coefficient (Wildman–Crippen LogP) is 5.20. The number of hydrogen-bond acceptors (Lipinski definition) is 11. The number of rotatable bonds is 14. The van der Waals surface area contributed by atoms with E-state index < -0.39 is 42.6 Å². The lowest BCUT2D eigenvalue weighted by Gasteiger charge is -2.19. The van der Waals surface area contributed by atoms with Crippen molar-refractivity contribution in [3.63, 3.8) is 0 Å². The lowest BCUT2D eigenvalue weighted by Crippen LogP contribution is -2.37. The van der Waals surface area contributed by atoms with Crippen molar-refractivity contribution in [1.29, 1.82) is 0 Å². The number of nitrogens with two attached hydrogens (primary N) is 1. The van der Waals surface area contributed by atoms with Gasteiger partial charge in [0, 0.05) is 6.42 Å². The lowest BCUT2D eigenvalue weighted by atomic mass is 10.1. The Morgan fingerprint density at radius 3 is 1.77 bits per heavy atom. The Kier molecular flexibility index (Phi) is 14.5. The van der Waals surface area contributed by atoms with E-state index >= 15 is 0 Å². The molecular formula is C29H45NO10. The van der Waals surface area contributed by atoms with Crippen LogP contribution in [0.1, 0.15) is 74.3 Å². The maximum atomic E-state index is 12.5. The van der Waals surface area contributed by atoms with Crippen molar-refractivity contribution in [3.8, 4) is 11.5 Å². The van der Waals surface area contributed by atoms with Gasteiger partial charge in [0.15, 0.2) is 11.5 Å². The zero-order valence-electron chi connectivity index (χ0n) is 25.1. The molecule has 1 rings (SSSR count). The molecule has 0 saturated heterocycles. The molecule has 0 spiro atoms. The molecule has 0 amide bonds. The molecule has 2 N–H and O–H groups in total. The minimum Gasteiger partial charge on any atom is -0.462 e. The van der Waals surface area contributed by atoms with Crippen molar-refractivity contribution >= 4 is 24.2 Å². The maximum absolute atomic E-state index is 12.5. The molecule has 0 bridgehead atoms. The molecule has 1 aromatic rings. The summed E-state index contributed by atoms with van der Waals surface area (Å²) in [4.78, 5) is 49.0. The standard InChI is InChI=1S/C29H45NO10/c1-16(2)12-26(31)35-15-19(7)36-27(32)23(30)13-22-10-11-24(39-28(33)37-20(8)17(3)4)25(14-22)40-29(34)38-21(9)18(5)6/h10-11,14,16-21,23H,12-13,15,30H2,1-9H3/t19-,20?,21?,23-/m0/s1. The fourth-order valence-corrected chi connectivity index (χ4v) is 2.91. The Hall–Kier alpha value is -3.34. The second-order valence-electron chi connectivity index (χ2n) is 11.0. The fourth-order valence-electron chi connectivity index (χ4n) is 2.91. The van der Waals surface area contributed by atoms with Crippen LogP contribution in [0.3, 0.4) is 0 Å². The molecule has 0 aromatic heterocycles. The molecule has 40 heavy (non-hydrogen) atoms. The van der Waals surface area contributed by atoms with Gasteiger partial charge in [-0.25, -0.2) is 9.59 Å². The SMILES string of the molecule is CC(C)CC(=O)OC[C@H](C)OC(=O)[C@@H](N)Cc1ccc(OC(=O)OC(C)C(C)C)c(OC(=O)OC(C)C(C)C)c1. The van der Waals surface area contributed by atoms with Crippen molar-refractivity contribution in [2.75, 3.05) is 6.61 Å². The molecule has 0 aliphatic rings. The average Bonchev–Trinajstić information content (AvgIpc) is 2.83. The number of benzene rings is 1. The van der Waals surface area contributed by atoms with E-state index in [0.29, 0.717) is 5.56 Å². The Bertz CT molecular complexity index is 991. The normalized spacial score (nSPS) is 14.2. The Morgan fingerprint density at radius 2 is 1.27 bits per heavy atom. The zero-order valence-corrected chi connectivity index (χ0v) is 25.1. The molecule has 11 nitrogen and oxygen atoms in total. The van der Waals surface area contributed by atoms with Gasteiger partial charge in [-0.05, 0) is 62.6 Å². The summed E-state index contributed by atoms with van der Waals surface area (Å²) in [6.45, 7) is 16.3. The molecule has 11 heteroatoms. The van der Waals surface area contributed by atoms with Crippen LogP contribution in [0.25, 0.3) is 0 Å². The molecule has 0 saturated carbocycles. The summed E-state index contributed by atoms with van der Waals surface area (Å²) >= 11 is 0. The van der Waals surface area contributed by atoms with Gasteiger partial charge in [-0.2, -0.15) is 0 Å². The van der Waals surface area contributed by atoms with E-state index in [-0.39, 0.29) is 54.7 Å². The molecular weight excluding hydrogens is 522 g/mol. The van der Waals surface area contributed by atoms with Crippen LogP contribution in [0.5, 0.6) is 11.5 Å². The van der Waals surface area contributed by atoms with Crippen LogP contribution in [0, 0.1) is 17.8 Å². The molecule has 0 fully saturated rings. The van der Waals surface area contributed by atoms with E-state index in [9.17, 15) is 19.2 Å². The van der Waals surface area contributed by atoms with Gasteiger partial charge in [0.1, 0.15) is 31.0 Å². The highest BCUT2D eigenvalue weighted by molar-refractivity contribution is 5.76. The molecule has 0 heterocycles. The number of hydrogen-bond donors (Lipinski definition) is 1. The van der Waals surface area contributed by atoms with Crippen molar-refractivity contribution in [3.05, 3.63) is 23.8 Å². The quantitative estimate of drug-likeness (QED) is 0.179. The van der Waals surface area contributed by atoms with Crippen molar-refractivity contribution in [1.82, 2.24) is 0 Å². The molecule has 0 aliphatic heterocycles. The largest absolute Gasteiger partial charge is 0.514 e. The van der Waals surface area contributed by atoms with E-state index in [2.05, 4.69) is 0 Å². The maximum Gasteiger partial charge on any atom is 0.514 e. The minimum absolute atomic E-state index is 0.0155. The first-order valence-corrected chi connectivity index (χ1v) is 13.6. The Morgan fingerprint density at radius 1 is 0.750 bits per heavy atom. The van der Waals surface area contributed by atoms with Gasteiger partial charge in [0.25, 0.3) is 0 Å². The van der Waals surface area contributed by atoms with Gasteiger partial charge in [-0.1, -0.05) is 47.6 Å². The molecule has 2 unspecified atom stereocenters. The smallest absolute Gasteiger partial charge is 0.462 e. The molecule has 0 radical (unpaired) electrons. The summed E-state index contributed by atoms with van der Waals surface area (Å²) in [7, 11) is 0. The van der Waals surface area contributed by atoms with Crippen LogP contribution in [-0.2, 0) is 35.0 Å². The van der Waals surface area contributed by atoms with Crippen LogP contribution >= 0.6 is 0 Å². The van der Waals surface area contributed by atoms with Gasteiger partial charge >= 0.3 is 24.2 Å². The van der Waals surface area contributed by atoms with Gasteiger partial charge < -0.3 is 34.2 Å². The van der Waals surface area contributed by atoms with Gasteiger partial charge in [-0.15, -0.1) is 0 Å².